The maximum absolute atomic E-state index is 14.3. The lowest BCUT2D eigenvalue weighted by molar-refractivity contribution is -0.146. The first-order chi connectivity index (χ1) is 20.0. The molecule has 0 radical (unpaired) electrons. The minimum atomic E-state index is -1.19. The lowest BCUT2D eigenvalue weighted by Crippen LogP contribution is -2.61. The fourth-order valence-corrected chi connectivity index (χ4v) is 6.65. The van der Waals surface area contributed by atoms with Crippen LogP contribution in [0.3, 0.4) is 0 Å². The molecule has 2 heterocycles. The van der Waals surface area contributed by atoms with Gasteiger partial charge in [0.1, 0.15) is 6.04 Å². The van der Waals surface area contributed by atoms with Crippen LogP contribution in [0.5, 0.6) is 0 Å². The zero-order valence-electron chi connectivity index (χ0n) is 22.3. The van der Waals surface area contributed by atoms with E-state index >= 15 is 0 Å². The van der Waals surface area contributed by atoms with Gasteiger partial charge in [0.15, 0.2) is 0 Å². The van der Waals surface area contributed by atoms with E-state index in [4.69, 9.17) is 0 Å². The van der Waals surface area contributed by atoms with E-state index in [0.717, 1.165) is 33.0 Å². The molecule has 1 fully saturated rings. The molecule has 41 heavy (non-hydrogen) atoms. The Morgan fingerprint density at radius 1 is 0.732 bits per heavy atom. The summed E-state index contributed by atoms with van der Waals surface area (Å²) >= 11 is 1.65. The topological polar surface area (TPSA) is 81.2 Å². The van der Waals surface area contributed by atoms with Crippen molar-refractivity contribution in [3.05, 3.63) is 126 Å². The van der Waals surface area contributed by atoms with Crippen molar-refractivity contribution in [1.29, 1.82) is 0 Å². The molecular weight excluding hydrogens is 534 g/mol. The lowest BCUT2D eigenvalue weighted by atomic mass is 9.89. The Morgan fingerprint density at radius 3 is 1.98 bits per heavy atom. The Labute approximate surface area is 243 Å². The summed E-state index contributed by atoms with van der Waals surface area (Å²) in [6, 6.07) is 32.8. The van der Waals surface area contributed by atoms with Gasteiger partial charge in [0.05, 0.1) is 23.8 Å². The predicted molar refractivity (Wildman–Crippen MR) is 159 cm³/mol. The molecule has 4 aromatic carbocycles. The van der Waals surface area contributed by atoms with Gasteiger partial charge in [-0.25, -0.2) is 9.59 Å². The van der Waals surface area contributed by atoms with Crippen molar-refractivity contribution in [3.8, 4) is 0 Å². The molecule has 8 heteroatoms. The highest BCUT2D eigenvalue weighted by atomic mass is 32.2. The number of para-hydroxylation sites is 2. The van der Waals surface area contributed by atoms with Crippen LogP contribution in [0, 0.1) is 0 Å². The molecule has 1 N–H and O–H groups in total. The maximum Gasteiger partial charge on any atom is 0.330 e. The molecule has 0 saturated carbocycles. The number of nitrogens with zero attached hydrogens (tertiary/aromatic N) is 3. The smallest absolute Gasteiger partial charge is 0.330 e. The van der Waals surface area contributed by atoms with Crippen molar-refractivity contribution in [2.75, 3.05) is 24.5 Å². The van der Waals surface area contributed by atoms with Crippen molar-refractivity contribution < 1.29 is 19.5 Å². The van der Waals surface area contributed by atoms with Crippen LogP contribution in [0.4, 0.5) is 16.2 Å². The van der Waals surface area contributed by atoms with E-state index in [2.05, 4.69) is 0 Å². The van der Waals surface area contributed by atoms with Crippen LogP contribution in [0.25, 0.3) is 0 Å². The SMILES string of the molecule is O=C(O)[C@@H]1CN(C(=O)C(c2ccccc2)c2ccccc2)CCN1C(=O)N1c2ccccc2CSc2ccccc21. The Hall–Kier alpha value is -4.56. The fourth-order valence-electron chi connectivity index (χ4n) is 5.61. The number of rotatable bonds is 4. The lowest BCUT2D eigenvalue weighted by Gasteiger charge is -2.42. The van der Waals surface area contributed by atoms with Gasteiger partial charge in [-0.15, -0.1) is 11.8 Å². The number of hydrogen-bond donors (Lipinski definition) is 1. The number of fused-ring (bicyclic) bond motifs is 2. The summed E-state index contributed by atoms with van der Waals surface area (Å²) in [7, 11) is 0. The van der Waals surface area contributed by atoms with Gasteiger partial charge in [-0.3, -0.25) is 9.69 Å². The average Bonchev–Trinajstić information content (AvgIpc) is 3.18. The van der Waals surface area contributed by atoms with Crippen LogP contribution in [0.1, 0.15) is 22.6 Å². The zero-order chi connectivity index (χ0) is 28.3. The Bertz CT molecular complexity index is 1490. The zero-order valence-corrected chi connectivity index (χ0v) is 23.1. The molecule has 4 aromatic rings. The number of carbonyl (C=O) groups excluding carboxylic acids is 2. The van der Waals surface area contributed by atoms with Crippen molar-refractivity contribution in [3.63, 3.8) is 0 Å². The van der Waals surface area contributed by atoms with Crippen LogP contribution >= 0.6 is 11.8 Å². The maximum atomic E-state index is 14.3. The van der Waals surface area contributed by atoms with Gasteiger partial charge >= 0.3 is 12.0 Å². The predicted octanol–water partition coefficient (Wildman–Crippen LogP) is 5.98. The van der Waals surface area contributed by atoms with Crippen LogP contribution in [-0.4, -0.2) is 58.5 Å². The molecule has 0 spiro atoms. The van der Waals surface area contributed by atoms with Gasteiger partial charge in [-0.2, -0.15) is 0 Å². The van der Waals surface area contributed by atoms with Gasteiger partial charge in [-0.1, -0.05) is 91.0 Å². The molecule has 7 nitrogen and oxygen atoms in total. The number of piperazine rings is 1. The van der Waals surface area contributed by atoms with Gasteiger partial charge in [0.25, 0.3) is 0 Å². The van der Waals surface area contributed by atoms with Crippen molar-refractivity contribution in [2.24, 2.45) is 0 Å². The summed E-state index contributed by atoms with van der Waals surface area (Å²) in [6.45, 7) is 0.240. The van der Waals surface area contributed by atoms with E-state index in [9.17, 15) is 19.5 Å². The van der Waals surface area contributed by atoms with E-state index in [0.29, 0.717) is 5.75 Å². The second kappa shape index (κ2) is 11.5. The van der Waals surface area contributed by atoms with Crippen LogP contribution in [0.2, 0.25) is 0 Å². The number of carboxylic acids is 1. The number of amides is 3. The van der Waals surface area contributed by atoms with E-state index in [1.807, 2.05) is 109 Å². The highest BCUT2D eigenvalue weighted by molar-refractivity contribution is 7.98. The van der Waals surface area contributed by atoms with E-state index in [-0.39, 0.29) is 25.5 Å². The molecule has 3 amide bonds. The first-order valence-corrected chi connectivity index (χ1v) is 14.5. The molecule has 2 aliphatic heterocycles. The first-order valence-electron chi connectivity index (χ1n) is 13.5. The highest BCUT2D eigenvalue weighted by Gasteiger charge is 2.42. The molecule has 1 atom stereocenters. The summed E-state index contributed by atoms with van der Waals surface area (Å²) in [5, 5.41) is 10.3. The number of urea groups is 1. The molecule has 206 valence electrons. The number of aliphatic carboxylic acids is 1. The molecule has 0 aliphatic carbocycles. The van der Waals surface area contributed by atoms with Crippen LogP contribution in [0.15, 0.2) is 114 Å². The van der Waals surface area contributed by atoms with Crippen molar-refractivity contribution in [1.82, 2.24) is 9.80 Å². The molecular formula is C33H29N3O4S. The quantitative estimate of drug-likeness (QED) is 0.330. The number of anilines is 2. The Morgan fingerprint density at radius 2 is 1.32 bits per heavy atom. The number of carbonyl (C=O) groups is 3. The van der Waals surface area contributed by atoms with Crippen molar-refractivity contribution >= 4 is 41.0 Å². The summed E-state index contributed by atoms with van der Waals surface area (Å²) in [4.78, 5) is 46.5. The van der Waals surface area contributed by atoms with Gasteiger partial charge < -0.3 is 14.9 Å². The summed E-state index contributed by atoms with van der Waals surface area (Å²) < 4.78 is 0. The van der Waals surface area contributed by atoms with Crippen molar-refractivity contribution in [2.45, 2.75) is 22.6 Å². The highest BCUT2D eigenvalue weighted by Crippen LogP contribution is 2.43. The monoisotopic (exact) mass is 563 g/mol. The fraction of sp³-hybridized carbons (Fsp3) is 0.182. The van der Waals surface area contributed by atoms with Crippen LogP contribution in [-0.2, 0) is 15.3 Å². The largest absolute Gasteiger partial charge is 0.480 e. The number of thioether (sulfide) groups is 1. The molecule has 0 unspecified atom stereocenters. The minimum absolute atomic E-state index is 0.0953. The molecule has 1 saturated heterocycles. The number of benzene rings is 4. The summed E-state index contributed by atoms with van der Waals surface area (Å²) in [6.07, 6.45) is 0. The van der Waals surface area contributed by atoms with E-state index in [1.54, 1.807) is 21.6 Å². The molecule has 2 aliphatic rings. The third-order valence-corrected chi connectivity index (χ3v) is 8.76. The average molecular weight is 564 g/mol. The number of carboxylic acid groups (broad SMARTS) is 1. The molecule has 6 rings (SSSR count). The number of hydrogen-bond acceptors (Lipinski definition) is 4. The Balaban J connectivity index is 1.32. The standard InChI is InChI=1S/C33H29N3O4S/c37-31(30(23-11-3-1-4-12-23)24-13-5-2-6-14-24)34-19-20-35(28(21-34)32(38)39)33(40)36-26-16-8-7-15-25(26)22-41-29-18-10-9-17-27(29)36/h1-18,28,30H,19-22H2,(H,38,39)/t28-/m0/s1. The third-order valence-electron chi connectivity index (χ3n) is 7.65. The minimum Gasteiger partial charge on any atom is -0.480 e. The second-order valence-corrected chi connectivity index (χ2v) is 11.1. The molecule has 0 aromatic heterocycles. The van der Waals surface area contributed by atoms with E-state index in [1.165, 1.54) is 4.90 Å². The Kier molecular flexibility index (Phi) is 7.48. The molecule has 0 bridgehead atoms. The van der Waals surface area contributed by atoms with Gasteiger partial charge in [-0.05, 0) is 34.9 Å². The normalized spacial score (nSPS) is 16.5. The third kappa shape index (κ3) is 5.18. The summed E-state index contributed by atoms with van der Waals surface area (Å²) in [5.41, 5.74) is 4.14. The second-order valence-electron chi connectivity index (χ2n) is 10.1. The van der Waals surface area contributed by atoms with E-state index < -0.39 is 24.0 Å². The van der Waals surface area contributed by atoms with Gasteiger partial charge in [0.2, 0.25) is 5.91 Å². The van der Waals surface area contributed by atoms with Crippen LogP contribution < -0.4 is 4.90 Å². The first kappa shape index (κ1) is 26.7. The van der Waals surface area contributed by atoms with Gasteiger partial charge in [0, 0.05) is 23.7 Å². The summed E-state index contributed by atoms with van der Waals surface area (Å²) in [5.74, 6) is -1.20.